The second kappa shape index (κ2) is 9.26. The predicted molar refractivity (Wildman–Crippen MR) is 112 cm³/mol. The van der Waals surface area contributed by atoms with Crippen LogP contribution in [0, 0.1) is 5.92 Å². The molecule has 2 aromatic heterocycles. The molecule has 3 heterocycles. The summed E-state index contributed by atoms with van der Waals surface area (Å²) in [6.45, 7) is 4.65. The molecule has 3 aromatic rings. The van der Waals surface area contributed by atoms with Crippen LogP contribution in [0.5, 0.6) is 0 Å². The van der Waals surface area contributed by atoms with Gasteiger partial charge in [-0.2, -0.15) is 0 Å². The Bertz CT molecular complexity index is 931. The van der Waals surface area contributed by atoms with Gasteiger partial charge in [0.25, 0.3) is 5.91 Å². The van der Waals surface area contributed by atoms with Crippen molar-refractivity contribution in [3.8, 4) is 0 Å². The van der Waals surface area contributed by atoms with Gasteiger partial charge in [-0.05, 0) is 50.8 Å². The molecule has 158 valence electrons. The molecule has 0 bridgehead atoms. The smallest absolute Gasteiger partial charge is 0.276 e. The Balaban J connectivity index is 1.28. The van der Waals surface area contributed by atoms with Gasteiger partial charge in [-0.15, -0.1) is 0 Å². The SMILES string of the molecule is C[C@@H](c1ccon1)N(C)C(=O)c1cc(CN2CCC(Cc3ccccc3)CC2)on1. The number of hydrogen-bond donors (Lipinski definition) is 0. The van der Waals surface area contributed by atoms with E-state index in [2.05, 4.69) is 45.5 Å². The highest BCUT2D eigenvalue weighted by Gasteiger charge is 2.25. The minimum Gasteiger partial charge on any atom is -0.364 e. The monoisotopic (exact) mass is 408 g/mol. The highest BCUT2D eigenvalue weighted by molar-refractivity contribution is 5.92. The molecule has 0 spiro atoms. The lowest BCUT2D eigenvalue weighted by atomic mass is 9.90. The normalized spacial score (nSPS) is 16.5. The van der Waals surface area contributed by atoms with Crippen LogP contribution in [0.15, 0.2) is 57.8 Å². The van der Waals surface area contributed by atoms with Crippen molar-refractivity contribution in [2.75, 3.05) is 20.1 Å². The third-order valence-electron chi connectivity index (χ3n) is 6.02. The first-order chi connectivity index (χ1) is 14.6. The Kier molecular flexibility index (Phi) is 6.28. The number of aromatic nitrogens is 2. The van der Waals surface area contributed by atoms with Crippen LogP contribution in [0.25, 0.3) is 0 Å². The lowest BCUT2D eigenvalue weighted by molar-refractivity contribution is 0.0727. The van der Waals surface area contributed by atoms with Gasteiger partial charge >= 0.3 is 0 Å². The lowest BCUT2D eigenvalue weighted by Crippen LogP contribution is -2.33. The van der Waals surface area contributed by atoms with Crippen LogP contribution in [-0.2, 0) is 13.0 Å². The van der Waals surface area contributed by atoms with E-state index in [0.717, 1.165) is 31.2 Å². The standard InChI is InChI=1S/C23H28N4O3/c1-17(21-10-13-29-24-21)26(2)23(28)22-15-20(30-25-22)16-27-11-8-19(9-12-27)14-18-6-4-3-5-7-18/h3-7,10,13,15,17,19H,8-9,11-12,14,16H2,1-2H3/t17-/m0/s1. The summed E-state index contributed by atoms with van der Waals surface area (Å²) >= 11 is 0. The first-order valence-electron chi connectivity index (χ1n) is 10.5. The minimum atomic E-state index is -0.208. The van der Waals surface area contributed by atoms with Crippen LogP contribution in [0.3, 0.4) is 0 Å². The van der Waals surface area contributed by atoms with Crippen molar-refractivity contribution in [2.24, 2.45) is 5.92 Å². The molecule has 0 unspecified atom stereocenters. The van der Waals surface area contributed by atoms with Crippen molar-refractivity contribution < 1.29 is 13.8 Å². The fourth-order valence-corrected chi connectivity index (χ4v) is 4.00. The summed E-state index contributed by atoms with van der Waals surface area (Å²) in [7, 11) is 1.73. The number of hydrogen-bond acceptors (Lipinski definition) is 6. The second-order valence-corrected chi connectivity index (χ2v) is 8.10. The predicted octanol–water partition coefficient (Wildman–Crippen LogP) is 3.95. The number of rotatable bonds is 7. The first kappa shape index (κ1) is 20.3. The Morgan fingerprint density at radius 3 is 2.67 bits per heavy atom. The molecule has 1 amide bonds. The number of carbonyl (C=O) groups is 1. The number of benzene rings is 1. The number of carbonyl (C=O) groups excluding carboxylic acids is 1. The fraction of sp³-hybridized carbons (Fsp3) is 0.435. The van der Waals surface area contributed by atoms with Gasteiger partial charge in [0.05, 0.1) is 12.6 Å². The van der Waals surface area contributed by atoms with E-state index in [1.165, 1.54) is 24.7 Å². The molecule has 1 saturated heterocycles. The van der Waals surface area contributed by atoms with Gasteiger partial charge in [0.1, 0.15) is 12.0 Å². The molecule has 7 heteroatoms. The van der Waals surface area contributed by atoms with Gasteiger partial charge in [0, 0.05) is 19.2 Å². The topological polar surface area (TPSA) is 75.6 Å². The molecule has 1 aliphatic heterocycles. The molecular weight excluding hydrogens is 380 g/mol. The fourth-order valence-electron chi connectivity index (χ4n) is 4.00. The summed E-state index contributed by atoms with van der Waals surface area (Å²) in [6.07, 6.45) is 4.99. The quantitative estimate of drug-likeness (QED) is 0.589. The molecule has 1 aliphatic rings. The maximum atomic E-state index is 12.7. The summed E-state index contributed by atoms with van der Waals surface area (Å²) in [5.41, 5.74) is 2.44. The highest BCUT2D eigenvalue weighted by Crippen LogP contribution is 2.24. The number of piperidine rings is 1. The van der Waals surface area contributed by atoms with Crippen LogP contribution in [-0.4, -0.2) is 46.2 Å². The van der Waals surface area contributed by atoms with Crippen molar-refractivity contribution in [2.45, 2.75) is 38.8 Å². The van der Waals surface area contributed by atoms with Gasteiger partial charge < -0.3 is 13.9 Å². The summed E-state index contributed by atoms with van der Waals surface area (Å²) in [6, 6.07) is 14.0. The average molecular weight is 409 g/mol. The summed E-state index contributed by atoms with van der Waals surface area (Å²) in [4.78, 5) is 16.7. The lowest BCUT2D eigenvalue weighted by Gasteiger charge is -2.31. The van der Waals surface area contributed by atoms with E-state index in [-0.39, 0.29) is 11.9 Å². The Morgan fingerprint density at radius 1 is 1.20 bits per heavy atom. The van der Waals surface area contributed by atoms with Crippen molar-refractivity contribution in [1.82, 2.24) is 20.1 Å². The Morgan fingerprint density at radius 2 is 1.97 bits per heavy atom. The van der Waals surface area contributed by atoms with E-state index in [1.807, 2.05) is 6.92 Å². The zero-order valence-corrected chi connectivity index (χ0v) is 17.5. The molecule has 0 radical (unpaired) electrons. The summed E-state index contributed by atoms with van der Waals surface area (Å²) in [5.74, 6) is 1.26. The molecular formula is C23H28N4O3. The third-order valence-corrected chi connectivity index (χ3v) is 6.02. The molecule has 4 rings (SSSR count). The highest BCUT2D eigenvalue weighted by atomic mass is 16.5. The molecule has 1 fully saturated rings. The van der Waals surface area contributed by atoms with Crippen molar-refractivity contribution in [3.63, 3.8) is 0 Å². The number of likely N-dealkylation sites (tertiary alicyclic amines) is 1. The Hall–Kier alpha value is -2.93. The third kappa shape index (κ3) is 4.79. The van der Waals surface area contributed by atoms with Gasteiger partial charge in [0.2, 0.25) is 0 Å². The molecule has 1 aromatic carbocycles. The van der Waals surface area contributed by atoms with E-state index in [1.54, 1.807) is 24.1 Å². The van der Waals surface area contributed by atoms with Crippen LogP contribution < -0.4 is 0 Å². The van der Waals surface area contributed by atoms with Crippen LogP contribution in [0.1, 0.15) is 53.3 Å². The van der Waals surface area contributed by atoms with Crippen LogP contribution in [0.2, 0.25) is 0 Å². The van der Waals surface area contributed by atoms with Gasteiger partial charge in [-0.1, -0.05) is 40.6 Å². The van der Waals surface area contributed by atoms with Crippen molar-refractivity contribution >= 4 is 5.91 Å². The van der Waals surface area contributed by atoms with Crippen molar-refractivity contribution in [3.05, 3.63) is 71.4 Å². The van der Waals surface area contributed by atoms with E-state index in [0.29, 0.717) is 17.9 Å². The molecule has 0 N–H and O–H groups in total. The Labute approximate surface area is 176 Å². The molecule has 0 aliphatic carbocycles. The molecule has 7 nitrogen and oxygen atoms in total. The maximum Gasteiger partial charge on any atom is 0.276 e. The molecule has 30 heavy (non-hydrogen) atoms. The van der Waals surface area contributed by atoms with Crippen LogP contribution in [0.4, 0.5) is 0 Å². The zero-order valence-electron chi connectivity index (χ0n) is 17.5. The summed E-state index contributed by atoms with van der Waals surface area (Å²) in [5, 5.41) is 7.91. The van der Waals surface area contributed by atoms with Gasteiger partial charge in [0.15, 0.2) is 11.5 Å². The second-order valence-electron chi connectivity index (χ2n) is 8.10. The first-order valence-corrected chi connectivity index (χ1v) is 10.5. The van der Waals surface area contributed by atoms with Gasteiger partial charge in [-0.3, -0.25) is 9.69 Å². The minimum absolute atomic E-state index is 0.193. The van der Waals surface area contributed by atoms with E-state index < -0.39 is 0 Å². The van der Waals surface area contributed by atoms with Crippen LogP contribution >= 0.6 is 0 Å². The number of nitrogens with zero attached hydrogens (tertiary/aromatic N) is 4. The molecule has 0 saturated carbocycles. The maximum absolute atomic E-state index is 12.7. The largest absolute Gasteiger partial charge is 0.364 e. The summed E-state index contributed by atoms with van der Waals surface area (Å²) < 4.78 is 10.3. The van der Waals surface area contributed by atoms with E-state index in [9.17, 15) is 4.79 Å². The molecule has 1 atom stereocenters. The van der Waals surface area contributed by atoms with Crippen molar-refractivity contribution in [1.29, 1.82) is 0 Å². The van der Waals surface area contributed by atoms with E-state index in [4.69, 9.17) is 9.05 Å². The van der Waals surface area contributed by atoms with E-state index >= 15 is 0 Å². The average Bonchev–Trinajstić information content (AvgIpc) is 3.47. The van der Waals surface area contributed by atoms with Gasteiger partial charge in [-0.25, -0.2) is 0 Å². The number of amides is 1. The zero-order chi connectivity index (χ0) is 20.9.